The molecule has 3 N–H and O–H groups in total. The second kappa shape index (κ2) is 16.3. The first-order valence-electron chi connectivity index (χ1n) is 15.5. The zero-order chi connectivity index (χ0) is 41.2. The van der Waals surface area contributed by atoms with Crippen LogP contribution >= 0.6 is 34.8 Å². The summed E-state index contributed by atoms with van der Waals surface area (Å²) in [6.07, 6.45) is -16.4. The van der Waals surface area contributed by atoms with E-state index in [4.69, 9.17) is 39.5 Å². The van der Waals surface area contributed by atoms with Gasteiger partial charge in [-0.25, -0.2) is 0 Å². The molecule has 0 bridgehead atoms. The Morgan fingerprint density at radius 3 is 1.25 bits per heavy atom. The Bertz CT molecular complexity index is 2210. The molecule has 0 aliphatic rings. The molecule has 3 amide bonds. The van der Waals surface area contributed by atoms with E-state index in [2.05, 4.69) is 16.0 Å². The molecule has 0 spiro atoms. The number of alkyl halides is 9. The van der Waals surface area contributed by atoms with Crippen LogP contribution < -0.4 is 20.7 Å². The molecule has 0 aliphatic carbocycles. The Hall–Kier alpha value is -5.45. The zero-order valence-corrected chi connectivity index (χ0v) is 29.8. The van der Waals surface area contributed by atoms with Gasteiger partial charge >= 0.3 is 18.5 Å². The van der Waals surface area contributed by atoms with Gasteiger partial charge in [-0.1, -0.05) is 65.1 Å². The lowest BCUT2D eigenvalue weighted by atomic mass is 10.1. The third-order valence-electron chi connectivity index (χ3n) is 7.62. The molecule has 1 atom stereocenters. The van der Waals surface area contributed by atoms with Crippen LogP contribution in [0.4, 0.5) is 56.6 Å². The number of carbonyl (C=O) groups excluding carboxylic acids is 3. The summed E-state index contributed by atoms with van der Waals surface area (Å²) in [7, 11) is 0. The minimum absolute atomic E-state index is 0.123. The van der Waals surface area contributed by atoms with E-state index in [1.54, 1.807) is 6.07 Å². The van der Waals surface area contributed by atoms with Crippen LogP contribution in [0.5, 0.6) is 5.75 Å². The van der Waals surface area contributed by atoms with Crippen LogP contribution in [-0.2, 0) is 23.3 Å². The monoisotopic (exact) mass is 847 g/mol. The fourth-order valence-electron chi connectivity index (χ4n) is 5.04. The number of anilines is 3. The topological polar surface area (TPSA) is 96.5 Å². The van der Waals surface area contributed by atoms with Crippen molar-refractivity contribution in [3.63, 3.8) is 0 Å². The number of hydrogen-bond acceptors (Lipinski definition) is 4. The molecule has 1 unspecified atom stereocenters. The lowest BCUT2D eigenvalue weighted by Crippen LogP contribution is -2.26. The van der Waals surface area contributed by atoms with Gasteiger partial charge in [0.2, 0.25) is 6.10 Å². The van der Waals surface area contributed by atoms with Gasteiger partial charge in [0.15, 0.2) is 0 Å². The van der Waals surface area contributed by atoms with Crippen LogP contribution in [-0.4, -0.2) is 17.7 Å². The molecule has 0 radical (unpaired) electrons. The van der Waals surface area contributed by atoms with Crippen LogP contribution in [0.2, 0.25) is 15.1 Å². The first-order valence-corrected chi connectivity index (χ1v) is 16.6. The zero-order valence-electron chi connectivity index (χ0n) is 27.6. The summed E-state index contributed by atoms with van der Waals surface area (Å²) >= 11 is 17.1. The normalized spacial score (nSPS) is 12.4. The first-order chi connectivity index (χ1) is 26.1. The Labute approximate surface area is 325 Å². The molecule has 19 heteroatoms. The van der Waals surface area contributed by atoms with E-state index < -0.39 is 91.0 Å². The fraction of sp³-hybridized carbons (Fsp3) is 0.108. The van der Waals surface area contributed by atoms with E-state index in [0.717, 1.165) is 54.6 Å². The quantitative estimate of drug-likeness (QED) is 0.129. The predicted octanol–water partition coefficient (Wildman–Crippen LogP) is 12.0. The van der Waals surface area contributed by atoms with Crippen LogP contribution in [0.15, 0.2) is 103 Å². The van der Waals surface area contributed by atoms with Gasteiger partial charge in [0, 0.05) is 33.8 Å². The number of benzene rings is 5. The Kier molecular flexibility index (Phi) is 12.2. The summed E-state index contributed by atoms with van der Waals surface area (Å²) in [6, 6.07) is 17.8. The molecule has 56 heavy (non-hydrogen) atoms. The van der Waals surface area contributed by atoms with Crippen molar-refractivity contribution in [3.05, 3.63) is 152 Å². The molecule has 7 nitrogen and oxygen atoms in total. The molecular formula is C37H21Cl3F9N3O4. The largest absolute Gasteiger partial charge is 0.476 e. The van der Waals surface area contributed by atoms with Crippen molar-refractivity contribution in [3.8, 4) is 5.75 Å². The van der Waals surface area contributed by atoms with Gasteiger partial charge in [-0.3, -0.25) is 14.4 Å². The fourth-order valence-corrected chi connectivity index (χ4v) is 5.72. The van der Waals surface area contributed by atoms with Crippen LogP contribution in [0.25, 0.3) is 0 Å². The highest BCUT2D eigenvalue weighted by Gasteiger charge is 2.36. The van der Waals surface area contributed by atoms with Crippen molar-refractivity contribution in [2.45, 2.75) is 24.6 Å². The molecule has 0 saturated heterocycles. The smallest absolute Gasteiger partial charge is 0.417 e. The predicted molar refractivity (Wildman–Crippen MR) is 190 cm³/mol. The van der Waals surface area contributed by atoms with Crippen molar-refractivity contribution in [1.29, 1.82) is 0 Å². The van der Waals surface area contributed by atoms with Crippen LogP contribution in [0.1, 0.15) is 49.1 Å². The molecule has 0 aliphatic heterocycles. The van der Waals surface area contributed by atoms with Gasteiger partial charge in [-0.2, -0.15) is 39.5 Å². The van der Waals surface area contributed by atoms with E-state index in [1.165, 1.54) is 24.3 Å². The second-order valence-corrected chi connectivity index (χ2v) is 12.9. The van der Waals surface area contributed by atoms with E-state index >= 15 is 0 Å². The lowest BCUT2D eigenvalue weighted by Gasteiger charge is -2.21. The summed E-state index contributed by atoms with van der Waals surface area (Å²) < 4.78 is 128. The molecule has 5 aromatic rings. The van der Waals surface area contributed by atoms with Gasteiger partial charge in [-0.15, -0.1) is 0 Å². The van der Waals surface area contributed by atoms with Gasteiger partial charge in [-0.05, 0) is 72.8 Å². The highest BCUT2D eigenvalue weighted by atomic mass is 35.5. The molecule has 0 fully saturated rings. The summed E-state index contributed by atoms with van der Waals surface area (Å²) in [5.74, 6) is -3.70. The molecule has 292 valence electrons. The van der Waals surface area contributed by atoms with E-state index in [9.17, 15) is 53.9 Å². The third-order valence-corrected chi connectivity index (χ3v) is 8.61. The lowest BCUT2D eigenvalue weighted by molar-refractivity contribution is -0.138. The van der Waals surface area contributed by atoms with E-state index in [0.29, 0.717) is 18.2 Å². The maximum absolute atomic E-state index is 13.6. The third kappa shape index (κ3) is 10.2. The SMILES string of the molecule is O=C(Nc1ccc(Cl)c(C(F)(F)F)c1)c1cc(OC(C(=O)Nc2ccc(Cl)c(C(F)(F)F)c2)c2ccccc2)cc(C(=O)Nc2ccc(Cl)c(C(F)(F)F)c2)c1. The van der Waals surface area contributed by atoms with Crippen LogP contribution in [0, 0.1) is 0 Å². The maximum atomic E-state index is 13.6. The van der Waals surface area contributed by atoms with Gasteiger partial charge in [0.05, 0.1) is 31.8 Å². The maximum Gasteiger partial charge on any atom is 0.417 e. The van der Waals surface area contributed by atoms with Crippen molar-refractivity contribution >= 4 is 69.6 Å². The minimum atomic E-state index is -4.90. The number of rotatable bonds is 9. The number of nitrogens with one attached hydrogen (secondary N) is 3. The van der Waals surface area contributed by atoms with E-state index in [-0.39, 0.29) is 22.6 Å². The first kappa shape index (κ1) is 41.7. The van der Waals surface area contributed by atoms with Crippen molar-refractivity contribution in [1.82, 2.24) is 0 Å². The van der Waals surface area contributed by atoms with E-state index in [1.807, 2.05) is 0 Å². The highest BCUT2D eigenvalue weighted by molar-refractivity contribution is 6.32. The minimum Gasteiger partial charge on any atom is -0.476 e. The summed E-state index contributed by atoms with van der Waals surface area (Å²) in [6.45, 7) is 0. The highest BCUT2D eigenvalue weighted by Crippen LogP contribution is 2.39. The van der Waals surface area contributed by atoms with Crippen molar-refractivity contribution in [2.75, 3.05) is 16.0 Å². The van der Waals surface area contributed by atoms with Crippen molar-refractivity contribution < 1.29 is 58.6 Å². The van der Waals surface area contributed by atoms with Gasteiger partial charge < -0.3 is 20.7 Å². The summed E-state index contributed by atoms with van der Waals surface area (Å²) in [5, 5.41) is 4.77. The summed E-state index contributed by atoms with van der Waals surface area (Å²) in [5.41, 5.74) is -5.71. The Morgan fingerprint density at radius 2 is 0.875 bits per heavy atom. The standard InChI is InChI=1S/C37H21Cl3F9N3O4/c38-28-9-6-21(15-25(28)35(41,42)43)50-32(53)19-12-20(33(54)51-22-7-10-29(39)26(16-22)36(44,45)46)14-24(13-19)56-31(18-4-2-1-3-5-18)34(55)52-23-8-11-30(40)27(17-23)37(47,48)49/h1-17,31H,(H,50,53)(H,51,54)(H,52,55). The average Bonchev–Trinajstić information content (AvgIpc) is 3.11. The second-order valence-electron chi connectivity index (χ2n) is 11.6. The molecule has 0 aromatic heterocycles. The average molecular weight is 849 g/mol. The number of carbonyl (C=O) groups is 3. The Balaban J connectivity index is 1.55. The molecule has 0 saturated carbocycles. The van der Waals surface area contributed by atoms with Gasteiger partial charge in [0.1, 0.15) is 5.75 Å². The number of halogens is 12. The molecule has 0 heterocycles. The number of hydrogen-bond donors (Lipinski definition) is 3. The van der Waals surface area contributed by atoms with Crippen LogP contribution in [0.3, 0.4) is 0 Å². The molecule has 5 rings (SSSR count). The van der Waals surface area contributed by atoms with Gasteiger partial charge in [0.25, 0.3) is 17.7 Å². The Morgan fingerprint density at radius 1 is 0.500 bits per heavy atom. The van der Waals surface area contributed by atoms with Crippen molar-refractivity contribution in [2.24, 2.45) is 0 Å². The molecular weight excluding hydrogens is 828 g/mol. The summed E-state index contributed by atoms with van der Waals surface area (Å²) in [4.78, 5) is 40.6. The molecule has 5 aromatic carbocycles. The number of amides is 3. The number of ether oxygens (including phenoxy) is 1.